The Labute approximate surface area is 114 Å². The molecular formula is C13H15BrN2S. The predicted octanol–water partition coefficient (Wildman–Crippen LogP) is 4.16. The first kappa shape index (κ1) is 12.7. The molecule has 2 nitrogen and oxygen atoms in total. The minimum atomic E-state index is 0.357. The Bertz CT molecular complexity index is 522. The van der Waals surface area contributed by atoms with Gasteiger partial charge >= 0.3 is 0 Å². The van der Waals surface area contributed by atoms with Crippen LogP contribution in [-0.4, -0.2) is 12.0 Å². The van der Waals surface area contributed by atoms with Gasteiger partial charge in [0.25, 0.3) is 0 Å². The van der Waals surface area contributed by atoms with Crippen LogP contribution in [0.25, 0.3) is 10.6 Å². The van der Waals surface area contributed by atoms with E-state index in [2.05, 4.69) is 58.3 Å². The molecule has 1 aromatic heterocycles. The van der Waals surface area contributed by atoms with Gasteiger partial charge in [-0.05, 0) is 32.5 Å². The SMILES string of the molecule is CNC(C)c1cnc(-c2ccc(C)c(Br)c2)s1. The Kier molecular flexibility index (Phi) is 3.97. The van der Waals surface area contributed by atoms with Crippen molar-refractivity contribution in [3.63, 3.8) is 0 Å². The van der Waals surface area contributed by atoms with Gasteiger partial charge in [0.05, 0.1) is 0 Å². The van der Waals surface area contributed by atoms with Crippen molar-refractivity contribution < 1.29 is 0 Å². The first-order valence-electron chi connectivity index (χ1n) is 5.51. The Morgan fingerprint density at radius 2 is 2.18 bits per heavy atom. The lowest BCUT2D eigenvalue weighted by Crippen LogP contribution is -2.10. The lowest BCUT2D eigenvalue weighted by atomic mass is 10.2. The van der Waals surface area contributed by atoms with Crippen LogP contribution in [0.15, 0.2) is 28.9 Å². The third-order valence-corrected chi connectivity index (χ3v) is 4.89. The molecule has 0 saturated heterocycles. The van der Waals surface area contributed by atoms with E-state index in [4.69, 9.17) is 0 Å². The highest BCUT2D eigenvalue weighted by atomic mass is 79.9. The largest absolute Gasteiger partial charge is 0.312 e. The first-order valence-corrected chi connectivity index (χ1v) is 7.12. The maximum atomic E-state index is 4.48. The first-order chi connectivity index (χ1) is 8.11. The highest BCUT2D eigenvalue weighted by Crippen LogP contribution is 2.31. The van der Waals surface area contributed by atoms with Crippen LogP contribution in [0, 0.1) is 6.92 Å². The van der Waals surface area contributed by atoms with E-state index in [0.29, 0.717) is 6.04 Å². The number of thiazole rings is 1. The van der Waals surface area contributed by atoms with Gasteiger partial charge in [-0.25, -0.2) is 4.98 Å². The fourth-order valence-corrected chi connectivity index (χ4v) is 2.84. The minimum Gasteiger partial charge on any atom is -0.312 e. The molecule has 90 valence electrons. The van der Waals surface area contributed by atoms with Crippen molar-refractivity contribution >= 4 is 27.3 Å². The summed E-state index contributed by atoms with van der Waals surface area (Å²) in [5, 5.41) is 4.30. The lowest BCUT2D eigenvalue weighted by Gasteiger charge is -2.05. The van der Waals surface area contributed by atoms with Crippen molar-refractivity contribution in [2.24, 2.45) is 0 Å². The molecule has 4 heteroatoms. The van der Waals surface area contributed by atoms with Gasteiger partial charge in [-0.2, -0.15) is 0 Å². The van der Waals surface area contributed by atoms with Crippen molar-refractivity contribution in [1.29, 1.82) is 0 Å². The van der Waals surface area contributed by atoms with Gasteiger partial charge in [0.2, 0.25) is 0 Å². The standard InChI is InChI=1S/C13H15BrN2S/c1-8-4-5-10(6-11(8)14)13-16-7-12(17-13)9(2)15-3/h4-7,9,15H,1-3H3. The van der Waals surface area contributed by atoms with Gasteiger partial charge in [-0.1, -0.05) is 28.1 Å². The van der Waals surface area contributed by atoms with Crippen molar-refractivity contribution in [3.8, 4) is 10.6 Å². The van der Waals surface area contributed by atoms with E-state index in [1.807, 2.05) is 13.2 Å². The summed E-state index contributed by atoms with van der Waals surface area (Å²) in [5.74, 6) is 0. The molecule has 2 rings (SSSR count). The van der Waals surface area contributed by atoms with Crippen molar-refractivity contribution in [1.82, 2.24) is 10.3 Å². The van der Waals surface area contributed by atoms with Gasteiger partial charge in [0.1, 0.15) is 5.01 Å². The van der Waals surface area contributed by atoms with Crippen molar-refractivity contribution in [2.75, 3.05) is 7.05 Å². The molecule has 0 aliphatic heterocycles. The Morgan fingerprint density at radius 3 is 2.82 bits per heavy atom. The maximum Gasteiger partial charge on any atom is 0.123 e. The fourth-order valence-electron chi connectivity index (χ4n) is 1.49. The molecular weight excluding hydrogens is 296 g/mol. The van der Waals surface area contributed by atoms with Crippen molar-refractivity contribution in [2.45, 2.75) is 19.9 Å². The second-order valence-corrected chi connectivity index (χ2v) is 5.96. The van der Waals surface area contributed by atoms with Crippen LogP contribution in [0.2, 0.25) is 0 Å². The van der Waals surface area contributed by atoms with Gasteiger partial charge in [0.15, 0.2) is 0 Å². The number of aryl methyl sites for hydroxylation is 1. The summed E-state index contributed by atoms with van der Waals surface area (Å²) < 4.78 is 1.13. The smallest absolute Gasteiger partial charge is 0.123 e. The van der Waals surface area contributed by atoms with E-state index in [0.717, 1.165) is 9.48 Å². The summed E-state index contributed by atoms with van der Waals surface area (Å²) in [6.45, 7) is 4.23. The number of aromatic nitrogens is 1. The Balaban J connectivity index is 2.33. The van der Waals surface area contributed by atoms with Crippen LogP contribution in [0.1, 0.15) is 23.4 Å². The topological polar surface area (TPSA) is 24.9 Å². The summed E-state index contributed by atoms with van der Waals surface area (Å²) in [4.78, 5) is 5.75. The second-order valence-electron chi connectivity index (χ2n) is 4.04. The minimum absolute atomic E-state index is 0.357. The van der Waals surface area contributed by atoms with Crippen LogP contribution in [0.5, 0.6) is 0 Å². The molecule has 0 amide bonds. The predicted molar refractivity (Wildman–Crippen MR) is 77.5 cm³/mol. The molecule has 0 aliphatic carbocycles. The third-order valence-electron chi connectivity index (χ3n) is 2.80. The van der Waals surface area contributed by atoms with Gasteiger partial charge in [-0.3, -0.25) is 0 Å². The lowest BCUT2D eigenvalue weighted by molar-refractivity contribution is 0.662. The van der Waals surface area contributed by atoms with E-state index in [1.54, 1.807) is 11.3 Å². The highest BCUT2D eigenvalue weighted by Gasteiger charge is 2.09. The second kappa shape index (κ2) is 5.29. The average Bonchev–Trinajstić information content (AvgIpc) is 2.81. The Morgan fingerprint density at radius 1 is 1.41 bits per heavy atom. The van der Waals surface area contributed by atoms with Crippen LogP contribution in [-0.2, 0) is 0 Å². The highest BCUT2D eigenvalue weighted by molar-refractivity contribution is 9.10. The summed E-state index contributed by atoms with van der Waals surface area (Å²) >= 11 is 5.30. The molecule has 1 aromatic carbocycles. The third kappa shape index (κ3) is 2.76. The van der Waals surface area contributed by atoms with E-state index in [9.17, 15) is 0 Å². The molecule has 0 fully saturated rings. The van der Waals surface area contributed by atoms with Gasteiger partial charge < -0.3 is 5.32 Å². The zero-order chi connectivity index (χ0) is 12.4. The maximum absolute atomic E-state index is 4.48. The van der Waals surface area contributed by atoms with Gasteiger partial charge in [-0.15, -0.1) is 11.3 Å². The quantitative estimate of drug-likeness (QED) is 0.920. The van der Waals surface area contributed by atoms with Crippen LogP contribution in [0.3, 0.4) is 0 Å². The van der Waals surface area contributed by atoms with Crippen LogP contribution >= 0.6 is 27.3 Å². The molecule has 1 heterocycles. The number of hydrogen-bond donors (Lipinski definition) is 1. The Hall–Kier alpha value is -0.710. The molecule has 17 heavy (non-hydrogen) atoms. The summed E-state index contributed by atoms with van der Waals surface area (Å²) in [6, 6.07) is 6.71. The van der Waals surface area contributed by atoms with Crippen molar-refractivity contribution in [3.05, 3.63) is 39.3 Å². The number of halogens is 1. The van der Waals surface area contributed by atoms with E-state index < -0.39 is 0 Å². The molecule has 2 aromatic rings. The molecule has 0 radical (unpaired) electrons. The van der Waals surface area contributed by atoms with Crippen LogP contribution in [0.4, 0.5) is 0 Å². The average molecular weight is 311 g/mol. The fraction of sp³-hybridized carbons (Fsp3) is 0.308. The molecule has 0 spiro atoms. The summed E-state index contributed by atoms with van der Waals surface area (Å²) in [5.41, 5.74) is 2.41. The summed E-state index contributed by atoms with van der Waals surface area (Å²) in [6.07, 6.45) is 1.95. The number of rotatable bonds is 3. The monoisotopic (exact) mass is 310 g/mol. The normalized spacial score (nSPS) is 12.7. The van der Waals surface area contributed by atoms with Gasteiger partial charge in [0, 0.05) is 27.2 Å². The van der Waals surface area contributed by atoms with E-state index in [-0.39, 0.29) is 0 Å². The number of benzene rings is 1. The van der Waals surface area contributed by atoms with E-state index in [1.165, 1.54) is 16.0 Å². The molecule has 0 saturated carbocycles. The zero-order valence-electron chi connectivity index (χ0n) is 10.1. The molecule has 0 aliphatic rings. The molecule has 1 atom stereocenters. The molecule has 1 N–H and O–H groups in total. The zero-order valence-corrected chi connectivity index (χ0v) is 12.5. The van der Waals surface area contributed by atoms with Crippen LogP contribution < -0.4 is 5.32 Å². The number of nitrogens with one attached hydrogen (secondary N) is 1. The summed E-state index contributed by atoms with van der Waals surface area (Å²) in [7, 11) is 1.96. The number of nitrogens with zero attached hydrogens (tertiary/aromatic N) is 1. The molecule has 0 bridgehead atoms. The molecule has 1 unspecified atom stereocenters. The van der Waals surface area contributed by atoms with E-state index >= 15 is 0 Å². The number of hydrogen-bond acceptors (Lipinski definition) is 3.